The number of likely N-dealkylation sites (tertiary alicyclic amines) is 1. The summed E-state index contributed by atoms with van der Waals surface area (Å²) in [4.78, 5) is 52.4. The van der Waals surface area contributed by atoms with E-state index in [1.54, 1.807) is 0 Å². The molecule has 4 atom stereocenters. The minimum Gasteiger partial charge on any atom is -0.480 e. The smallest absolute Gasteiger partial charge is 0.326 e. The summed E-state index contributed by atoms with van der Waals surface area (Å²) in [6.45, 7) is 0.849. The molecule has 0 aliphatic carbocycles. The zero-order chi connectivity index (χ0) is 26.5. The van der Waals surface area contributed by atoms with Gasteiger partial charge in [-0.15, -0.1) is 0 Å². The number of thioether (sulfide) groups is 1. The van der Waals surface area contributed by atoms with Crippen molar-refractivity contribution in [1.82, 2.24) is 15.5 Å². The van der Waals surface area contributed by atoms with Gasteiger partial charge in [0.05, 0.1) is 6.04 Å². The molecule has 1 aromatic carbocycles. The molecular weight excluding hydrogens is 482 g/mol. The second-order valence-corrected chi connectivity index (χ2v) is 10.00. The molecule has 0 spiro atoms. The summed E-state index contributed by atoms with van der Waals surface area (Å²) in [7, 11) is 0. The Morgan fingerprint density at radius 2 is 1.78 bits per heavy atom. The molecule has 11 heteroatoms. The van der Waals surface area contributed by atoms with E-state index in [2.05, 4.69) is 10.6 Å². The lowest BCUT2D eigenvalue weighted by Gasteiger charge is -2.29. The van der Waals surface area contributed by atoms with Crippen molar-refractivity contribution in [3.05, 3.63) is 35.9 Å². The number of carboxylic acid groups (broad SMARTS) is 1. The number of carbonyl (C=O) groups excluding carboxylic acids is 3. The van der Waals surface area contributed by atoms with Crippen LogP contribution in [-0.4, -0.2) is 83.0 Å². The lowest BCUT2D eigenvalue weighted by molar-refractivity contribution is -0.149. The van der Waals surface area contributed by atoms with Crippen LogP contribution in [0.5, 0.6) is 0 Å². The Labute approximate surface area is 216 Å². The number of amides is 3. The zero-order valence-electron chi connectivity index (χ0n) is 20.9. The highest BCUT2D eigenvalue weighted by atomic mass is 32.2. The molecule has 0 aromatic heterocycles. The summed E-state index contributed by atoms with van der Waals surface area (Å²) >= 11 is 1.53. The van der Waals surface area contributed by atoms with E-state index in [-0.39, 0.29) is 6.42 Å². The van der Waals surface area contributed by atoms with Gasteiger partial charge >= 0.3 is 5.97 Å². The fraction of sp³-hybridized carbons (Fsp3) is 0.600. The Hall–Kier alpha value is -2.63. The second kappa shape index (κ2) is 15.5. The molecule has 1 heterocycles. The molecule has 4 unspecified atom stereocenters. The van der Waals surface area contributed by atoms with E-state index in [9.17, 15) is 24.3 Å². The summed E-state index contributed by atoms with van der Waals surface area (Å²) in [6.07, 6.45) is 5.35. The van der Waals surface area contributed by atoms with Gasteiger partial charge < -0.3 is 32.1 Å². The van der Waals surface area contributed by atoms with Gasteiger partial charge in [0.2, 0.25) is 17.7 Å². The van der Waals surface area contributed by atoms with Crippen LogP contribution in [0.15, 0.2) is 30.3 Å². The normalized spacial score (nSPS) is 17.8. The molecule has 1 saturated heterocycles. The maximum absolute atomic E-state index is 13.4. The van der Waals surface area contributed by atoms with Crippen LogP contribution in [0.4, 0.5) is 0 Å². The number of nitrogens with one attached hydrogen (secondary N) is 2. The first-order valence-corrected chi connectivity index (χ1v) is 13.8. The van der Waals surface area contributed by atoms with Crippen molar-refractivity contribution in [2.75, 3.05) is 25.1 Å². The number of aliphatic carboxylic acids is 1. The molecule has 0 radical (unpaired) electrons. The van der Waals surface area contributed by atoms with Crippen LogP contribution in [0.3, 0.4) is 0 Å². The second-order valence-electron chi connectivity index (χ2n) is 9.01. The quantitative estimate of drug-likeness (QED) is 0.208. The van der Waals surface area contributed by atoms with Gasteiger partial charge in [0.25, 0.3) is 0 Å². The topological polar surface area (TPSA) is 168 Å². The van der Waals surface area contributed by atoms with Crippen LogP contribution in [0, 0.1) is 0 Å². The molecule has 36 heavy (non-hydrogen) atoms. The van der Waals surface area contributed by atoms with Crippen molar-refractivity contribution < 1.29 is 24.3 Å². The fourth-order valence-electron chi connectivity index (χ4n) is 4.23. The summed E-state index contributed by atoms with van der Waals surface area (Å²) in [5, 5.41) is 15.1. The largest absolute Gasteiger partial charge is 0.480 e. The first kappa shape index (κ1) is 29.6. The van der Waals surface area contributed by atoms with E-state index in [1.165, 1.54) is 16.7 Å². The monoisotopic (exact) mass is 521 g/mol. The molecule has 1 fully saturated rings. The van der Waals surface area contributed by atoms with E-state index < -0.39 is 47.9 Å². The van der Waals surface area contributed by atoms with Gasteiger partial charge in [-0.3, -0.25) is 14.4 Å². The van der Waals surface area contributed by atoms with E-state index in [1.807, 2.05) is 36.6 Å². The Bertz CT molecular complexity index is 872. The number of carboxylic acids is 1. The summed E-state index contributed by atoms with van der Waals surface area (Å²) < 4.78 is 0. The predicted molar refractivity (Wildman–Crippen MR) is 140 cm³/mol. The lowest BCUT2D eigenvalue weighted by atomic mass is 10.0. The van der Waals surface area contributed by atoms with Gasteiger partial charge in [-0.2, -0.15) is 11.8 Å². The highest BCUT2D eigenvalue weighted by Gasteiger charge is 2.38. The Balaban J connectivity index is 2.17. The van der Waals surface area contributed by atoms with Crippen molar-refractivity contribution in [2.24, 2.45) is 11.5 Å². The van der Waals surface area contributed by atoms with Crippen molar-refractivity contribution in [3.63, 3.8) is 0 Å². The van der Waals surface area contributed by atoms with Crippen molar-refractivity contribution in [2.45, 2.75) is 69.1 Å². The highest BCUT2D eigenvalue weighted by molar-refractivity contribution is 7.98. The third-order valence-electron chi connectivity index (χ3n) is 6.27. The van der Waals surface area contributed by atoms with Crippen molar-refractivity contribution >= 4 is 35.5 Å². The first-order valence-electron chi connectivity index (χ1n) is 12.4. The molecule has 7 N–H and O–H groups in total. The third kappa shape index (κ3) is 9.11. The molecule has 200 valence electrons. The van der Waals surface area contributed by atoms with E-state index >= 15 is 0 Å². The number of hydrogen-bond acceptors (Lipinski definition) is 7. The van der Waals surface area contributed by atoms with Gasteiger partial charge in [-0.05, 0) is 56.2 Å². The Morgan fingerprint density at radius 1 is 1.08 bits per heavy atom. The van der Waals surface area contributed by atoms with Crippen LogP contribution >= 0.6 is 11.8 Å². The number of rotatable bonds is 15. The van der Waals surface area contributed by atoms with E-state index in [4.69, 9.17) is 11.5 Å². The summed E-state index contributed by atoms with van der Waals surface area (Å²) in [5.41, 5.74) is 12.4. The molecule has 2 rings (SSSR count). The van der Waals surface area contributed by atoms with Gasteiger partial charge in [-0.1, -0.05) is 36.8 Å². The van der Waals surface area contributed by atoms with Crippen LogP contribution in [0.2, 0.25) is 0 Å². The minimum absolute atomic E-state index is 0.221. The number of carbonyl (C=O) groups is 4. The van der Waals surface area contributed by atoms with Gasteiger partial charge in [0.15, 0.2) is 0 Å². The molecule has 0 bridgehead atoms. The summed E-state index contributed by atoms with van der Waals surface area (Å²) in [6, 6.07) is 5.74. The van der Waals surface area contributed by atoms with Gasteiger partial charge in [-0.25, -0.2) is 4.79 Å². The molecule has 3 amide bonds. The molecule has 1 aliphatic rings. The molecule has 1 aromatic rings. The molecule has 0 saturated carbocycles. The van der Waals surface area contributed by atoms with E-state index in [0.29, 0.717) is 50.9 Å². The summed E-state index contributed by atoms with van der Waals surface area (Å²) in [5.74, 6) is -1.81. The lowest BCUT2D eigenvalue weighted by Crippen LogP contribution is -2.57. The number of nitrogens with two attached hydrogens (primary N) is 2. The van der Waals surface area contributed by atoms with Crippen molar-refractivity contribution in [1.29, 1.82) is 0 Å². The Morgan fingerprint density at radius 3 is 2.42 bits per heavy atom. The van der Waals surface area contributed by atoms with Crippen LogP contribution in [0.25, 0.3) is 0 Å². The number of nitrogens with zero attached hydrogens (tertiary/aromatic N) is 1. The minimum atomic E-state index is -1.05. The van der Waals surface area contributed by atoms with Crippen molar-refractivity contribution in [3.8, 4) is 0 Å². The average Bonchev–Trinajstić information content (AvgIpc) is 3.36. The van der Waals surface area contributed by atoms with Gasteiger partial charge in [0, 0.05) is 13.0 Å². The average molecular weight is 522 g/mol. The molecule has 1 aliphatic heterocycles. The maximum Gasteiger partial charge on any atom is 0.326 e. The first-order chi connectivity index (χ1) is 17.3. The predicted octanol–water partition coefficient (Wildman–Crippen LogP) is 0.484. The SMILES string of the molecule is CSCCC(NC(=O)C(Cc1ccccc1)NC(=O)C(N)CCCCN)C(=O)N1CCCC1C(=O)O. The fourth-order valence-corrected chi connectivity index (χ4v) is 4.70. The van der Waals surface area contributed by atoms with Crippen LogP contribution < -0.4 is 22.1 Å². The van der Waals surface area contributed by atoms with Crippen LogP contribution in [-0.2, 0) is 25.6 Å². The molecular formula is C25H39N5O5S. The number of unbranched alkanes of at least 4 members (excludes halogenated alkanes) is 1. The number of benzene rings is 1. The van der Waals surface area contributed by atoms with Gasteiger partial charge in [0.1, 0.15) is 18.1 Å². The molecule has 10 nitrogen and oxygen atoms in total. The number of hydrogen-bond donors (Lipinski definition) is 5. The highest BCUT2D eigenvalue weighted by Crippen LogP contribution is 2.20. The Kier molecular flexibility index (Phi) is 12.7. The maximum atomic E-state index is 13.4. The standard InChI is InChI=1S/C25H39N5O5S/c1-36-15-12-19(24(33)30-14-7-11-21(30)25(34)35)28-23(32)20(16-17-8-3-2-4-9-17)29-22(31)18(27)10-5-6-13-26/h2-4,8-9,18-21H,5-7,10-16,26-27H2,1H3,(H,28,32)(H,29,31)(H,34,35). The van der Waals surface area contributed by atoms with Crippen LogP contribution in [0.1, 0.15) is 44.1 Å². The zero-order valence-corrected chi connectivity index (χ0v) is 21.7. The van der Waals surface area contributed by atoms with E-state index in [0.717, 1.165) is 12.0 Å². The third-order valence-corrected chi connectivity index (χ3v) is 6.91.